The number of hydrogen-bond donors (Lipinski definition) is 2. The monoisotopic (exact) mass is 480 g/mol. The van der Waals surface area contributed by atoms with Crippen LogP contribution in [-0.4, -0.2) is 32.0 Å². The fourth-order valence-corrected chi connectivity index (χ4v) is 4.48. The van der Waals surface area contributed by atoms with E-state index >= 15 is 0 Å². The summed E-state index contributed by atoms with van der Waals surface area (Å²) in [5.41, 5.74) is 2.56. The third-order valence-corrected chi connectivity index (χ3v) is 6.54. The van der Waals surface area contributed by atoms with E-state index in [1.165, 1.54) is 14.2 Å². The molecule has 0 fully saturated rings. The van der Waals surface area contributed by atoms with Gasteiger partial charge in [-0.25, -0.2) is 4.79 Å². The lowest BCUT2D eigenvalue weighted by Crippen LogP contribution is -2.15. The zero-order valence-corrected chi connectivity index (χ0v) is 20.9. The molecule has 178 valence electrons. The third kappa shape index (κ3) is 5.28. The molecule has 34 heavy (non-hydrogen) atoms. The summed E-state index contributed by atoms with van der Waals surface area (Å²) in [6.45, 7) is 7.93. The molecular formula is C26H28N2O5S. The van der Waals surface area contributed by atoms with Gasteiger partial charge in [0.25, 0.3) is 11.8 Å². The van der Waals surface area contributed by atoms with Crippen molar-refractivity contribution in [3.8, 4) is 5.75 Å². The smallest absolute Gasteiger partial charge is 0.341 e. The van der Waals surface area contributed by atoms with Gasteiger partial charge < -0.3 is 20.1 Å². The van der Waals surface area contributed by atoms with Gasteiger partial charge >= 0.3 is 5.97 Å². The Kier molecular flexibility index (Phi) is 7.41. The first-order valence-corrected chi connectivity index (χ1v) is 11.5. The van der Waals surface area contributed by atoms with E-state index < -0.39 is 11.9 Å². The molecule has 3 rings (SSSR count). The predicted molar refractivity (Wildman–Crippen MR) is 134 cm³/mol. The van der Waals surface area contributed by atoms with Crippen molar-refractivity contribution >= 4 is 39.8 Å². The SMILES string of the molecule is COC(=O)c1c(NC(=O)c2ccc(C(C)(C)C)cc2)sc(C(=O)Nc2ccccc2OC)c1C. The van der Waals surface area contributed by atoms with E-state index in [0.29, 0.717) is 22.6 Å². The number of thiophene rings is 1. The fourth-order valence-electron chi connectivity index (χ4n) is 3.39. The van der Waals surface area contributed by atoms with Crippen LogP contribution in [0.15, 0.2) is 48.5 Å². The minimum Gasteiger partial charge on any atom is -0.495 e. The van der Waals surface area contributed by atoms with E-state index in [1.54, 1.807) is 43.3 Å². The maximum absolute atomic E-state index is 13.0. The predicted octanol–water partition coefficient (Wildman–Crippen LogP) is 5.65. The molecule has 0 radical (unpaired) electrons. The number of hydrogen-bond acceptors (Lipinski definition) is 6. The number of benzene rings is 2. The van der Waals surface area contributed by atoms with Crippen molar-refractivity contribution in [2.75, 3.05) is 24.9 Å². The summed E-state index contributed by atoms with van der Waals surface area (Å²) < 4.78 is 10.2. The molecule has 7 nitrogen and oxygen atoms in total. The average Bonchev–Trinajstić information content (AvgIpc) is 3.14. The Bertz CT molecular complexity index is 1220. The number of nitrogens with one attached hydrogen (secondary N) is 2. The number of amides is 2. The van der Waals surface area contributed by atoms with E-state index in [4.69, 9.17) is 9.47 Å². The second-order valence-electron chi connectivity index (χ2n) is 8.69. The van der Waals surface area contributed by atoms with Crippen molar-refractivity contribution in [3.63, 3.8) is 0 Å². The van der Waals surface area contributed by atoms with Gasteiger partial charge in [0, 0.05) is 5.56 Å². The van der Waals surface area contributed by atoms with Gasteiger partial charge in [-0.1, -0.05) is 45.0 Å². The standard InChI is InChI=1S/C26H28N2O5S/c1-15-20(25(31)33-6)24(28-22(29)16-11-13-17(14-12-16)26(2,3)4)34-21(15)23(30)27-18-9-7-8-10-19(18)32-5/h7-14H,1-6H3,(H,27,30)(H,28,29). The van der Waals surface area contributed by atoms with Crippen LogP contribution in [-0.2, 0) is 10.2 Å². The topological polar surface area (TPSA) is 93.7 Å². The number of rotatable bonds is 6. The lowest BCUT2D eigenvalue weighted by atomic mass is 9.87. The molecule has 2 amide bonds. The van der Waals surface area contributed by atoms with E-state index in [-0.39, 0.29) is 26.8 Å². The van der Waals surface area contributed by atoms with Gasteiger partial charge in [-0.3, -0.25) is 9.59 Å². The van der Waals surface area contributed by atoms with Crippen LogP contribution in [0.3, 0.4) is 0 Å². The van der Waals surface area contributed by atoms with Crippen LogP contribution in [0.2, 0.25) is 0 Å². The summed E-state index contributed by atoms with van der Waals surface area (Å²) in [4.78, 5) is 38.8. The molecule has 0 bridgehead atoms. The lowest BCUT2D eigenvalue weighted by molar-refractivity contribution is 0.0601. The fraction of sp³-hybridized carbons (Fsp3) is 0.269. The quantitative estimate of drug-likeness (QED) is 0.445. The summed E-state index contributed by atoms with van der Waals surface area (Å²) in [7, 11) is 2.77. The molecule has 1 aromatic heterocycles. The summed E-state index contributed by atoms with van der Waals surface area (Å²) in [6.07, 6.45) is 0. The Morgan fingerprint density at radius 3 is 2.12 bits per heavy atom. The maximum atomic E-state index is 13.0. The number of methoxy groups -OCH3 is 2. The summed E-state index contributed by atoms with van der Waals surface area (Å²) in [6, 6.07) is 14.3. The highest BCUT2D eigenvalue weighted by Gasteiger charge is 2.27. The summed E-state index contributed by atoms with van der Waals surface area (Å²) >= 11 is 1.02. The zero-order chi connectivity index (χ0) is 25.0. The van der Waals surface area contributed by atoms with Crippen molar-refractivity contribution in [3.05, 3.63) is 75.7 Å². The highest BCUT2D eigenvalue weighted by atomic mass is 32.1. The Balaban J connectivity index is 1.91. The van der Waals surface area contributed by atoms with Crippen molar-refractivity contribution in [2.45, 2.75) is 33.1 Å². The molecular weight excluding hydrogens is 452 g/mol. The van der Waals surface area contributed by atoms with Gasteiger partial charge in [0.05, 0.1) is 30.3 Å². The van der Waals surface area contributed by atoms with Gasteiger partial charge in [0.1, 0.15) is 10.8 Å². The molecule has 0 aliphatic rings. The number of esters is 1. The second kappa shape index (κ2) is 10.1. The van der Waals surface area contributed by atoms with E-state index in [0.717, 1.165) is 16.9 Å². The van der Waals surface area contributed by atoms with Gasteiger partial charge in [0.15, 0.2) is 0 Å². The van der Waals surface area contributed by atoms with E-state index in [1.807, 2.05) is 12.1 Å². The Morgan fingerprint density at radius 2 is 1.53 bits per heavy atom. The number of carbonyl (C=O) groups excluding carboxylic acids is 3. The first-order valence-electron chi connectivity index (χ1n) is 10.6. The van der Waals surface area contributed by atoms with Crippen LogP contribution in [0.4, 0.5) is 10.7 Å². The summed E-state index contributed by atoms with van der Waals surface area (Å²) in [5.74, 6) is -0.940. The minimum atomic E-state index is -0.636. The van der Waals surface area contributed by atoms with Crippen molar-refractivity contribution in [2.24, 2.45) is 0 Å². The number of ether oxygens (including phenoxy) is 2. The van der Waals surface area contributed by atoms with Crippen LogP contribution < -0.4 is 15.4 Å². The normalized spacial score (nSPS) is 11.0. The molecule has 0 spiro atoms. The average molecular weight is 481 g/mol. The highest BCUT2D eigenvalue weighted by Crippen LogP contribution is 2.35. The van der Waals surface area contributed by atoms with Crippen LogP contribution in [0.5, 0.6) is 5.75 Å². The van der Waals surface area contributed by atoms with Crippen molar-refractivity contribution in [1.29, 1.82) is 0 Å². The van der Waals surface area contributed by atoms with Crippen LogP contribution in [0.25, 0.3) is 0 Å². The third-order valence-electron chi connectivity index (χ3n) is 5.34. The lowest BCUT2D eigenvalue weighted by Gasteiger charge is -2.19. The van der Waals surface area contributed by atoms with Crippen molar-refractivity contribution in [1.82, 2.24) is 0 Å². The molecule has 0 aliphatic carbocycles. The number of carbonyl (C=O) groups is 3. The Labute approximate surface area is 203 Å². The Morgan fingerprint density at radius 1 is 0.882 bits per heavy atom. The first kappa shape index (κ1) is 25.0. The molecule has 8 heteroatoms. The molecule has 0 saturated heterocycles. The van der Waals surface area contributed by atoms with Gasteiger partial charge in [-0.2, -0.15) is 0 Å². The van der Waals surface area contributed by atoms with Gasteiger partial charge in [0.2, 0.25) is 0 Å². The zero-order valence-electron chi connectivity index (χ0n) is 20.1. The second-order valence-corrected chi connectivity index (χ2v) is 9.71. The minimum absolute atomic E-state index is 0.0401. The molecule has 0 atom stereocenters. The number of para-hydroxylation sites is 2. The van der Waals surface area contributed by atoms with Gasteiger partial charge in [-0.15, -0.1) is 11.3 Å². The highest BCUT2D eigenvalue weighted by molar-refractivity contribution is 7.19. The molecule has 1 heterocycles. The van der Waals surface area contributed by atoms with E-state index in [9.17, 15) is 14.4 Å². The molecule has 0 unspecified atom stereocenters. The largest absolute Gasteiger partial charge is 0.495 e. The van der Waals surface area contributed by atoms with Crippen LogP contribution >= 0.6 is 11.3 Å². The van der Waals surface area contributed by atoms with Gasteiger partial charge in [-0.05, 0) is 47.7 Å². The summed E-state index contributed by atoms with van der Waals surface area (Å²) in [5, 5.41) is 5.83. The first-order chi connectivity index (χ1) is 16.1. The molecule has 3 aromatic rings. The molecule has 0 aliphatic heterocycles. The maximum Gasteiger partial charge on any atom is 0.341 e. The van der Waals surface area contributed by atoms with Crippen LogP contribution in [0, 0.1) is 6.92 Å². The van der Waals surface area contributed by atoms with Crippen LogP contribution in [0.1, 0.15) is 62.3 Å². The Hall–Kier alpha value is -3.65. The molecule has 2 aromatic carbocycles. The molecule has 0 saturated carbocycles. The van der Waals surface area contributed by atoms with E-state index in [2.05, 4.69) is 31.4 Å². The molecule has 2 N–H and O–H groups in total. The van der Waals surface area contributed by atoms with Crippen molar-refractivity contribution < 1.29 is 23.9 Å². The number of anilines is 2.